The number of amides is 1. The van der Waals surface area contributed by atoms with E-state index in [4.69, 9.17) is 10.6 Å². The Morgan fingerprint density at radius 1 is 1.00 bits per heavy atom. The first kappa shape index (κ1) is 20.5. The van der Waals surface area contributed by atoms with Crippen molar-refractivity contribution in [2.45, 2.75) is 12.1 Å². The minimum Gasteiger partial charge on any atom is -0.455 e. The molecular formula is C23H21N5O2S. The van der Waals surface area contributed by atoms with E-state index in [-0.39, 0.29) is 11.7 Å². The number of rotatable bonds is 7. The Morgan fingerprint density at radius 3 is 2.48 bits per heavy atom. The Morgan fingerprint density at radius 2 is 1.71 bits per heavy atom. The number of nitrogens with zero attached hydrogens (tertiary/aromatic N) is 3. The number of hydrogen-bond acceptors (Lipinski definition) is 6. The van der Waals surface area contributed by atoms with Gasteiger partial charge in [-0.1, -0.05) is 71.9 Å². The number of nitrogen functional groups attached to an aromatic ring is 1. The van der Waals surface area contributed by atoms with Gasteiger partial charge in [0.15, 0.2) is 11.6 Å². The van der Waals surface area contributed by atoms with Crippen molar-refractivity contribution in [3.05, 3.63) is 84.4 Å². The highest BCUT2D eigenvalue weighted by Crippen LogP contribution is 2.29. The summed E-state index contributed by atoms with van der Waals surface area (Å²) in [5, 5.41) is 11.6. The lowest BCUT2D eigenvalue weighted by Gasteiger charge is -2.12. The van der Waals surface area contributed by atoms with E-state index in [2.05, 4.69) is 15.5 Å². The highest BCUT2D eigenvalue weighted by molar-refractivity contribution is 7.99. The fourth-order valence-corrected chi connectivity index (χ4v) is 3.52. The molecule has 4 aromatic rings. The molecule has 8 heteroatoms. The number of aryl methyl sites for hydroxylation is 1. The molecule has 4 rings (SSSR count). The zero-order valence-corrected chi connectivity index (χ0v) is 17.7. The number of para-hydroxylation sites is 3. The molecule has 0 bridgehead atoms. The SMILES string of the molecule is Cc1ccc(-c2nnc(SCC(=O)Nc3ccccc3Oc3ccccc3)n2N)cc1. The number of anilines is 1. The summed E-state index contributed by atoms with van der Waals surface area (Å²) >= 11 is 1.21. The van der Waals surface area contributed by atoms with Gasteiger partial charge in [0.2, 0.25) is 11.1 Å². The fraction of sp³-hybridized carbons (Fsp3) is 0.0870. The lowest BCUT2D eigenvalue weighted by Crippen LogP contribution is -2.16. The van der Waals surface area contributed by atoms with Crippen molar-refractivity contribution < 1.29 is 9.53 Å². The van der Waals surface area contributed by atoms with E-state index in [1.54, 1.807) is 12.1 Å². The van der Waals surface area contributed by atoms with Gasteiger partial charge in [0.05, 0.1) is 11.4 Å². The van der Waals surface area contributed by atoms with Crippen LogP contribution in [0.3, 0.4) is 0 Å². The van der Waals surface area contributed by atoms with E-state index in [0.717, 1.165) is 11.1 Å². The topological polar surface area (TPSA) is 95.1 Å². The molecule has 0 unspecified atom stereocenters. The molecule has 1 amide bonds. The zero-order valence-electron chi connectivity index (χ0n) is 16.9. The van der Waals surface area contributed by atoms with Crippen LogP contribution in [0.25, 0.3) is 11.4 Å². The van der Waals surface area contributed by atoms with Gasteiger partial charge in [-0.3, -0.25) is 4.79 Å². The van der Waals surface area contributed by atoms with E-state index in [0.29, 0.717) is 28.2 Å². The summed E-state index contributed by atoms with van der Waals surface area (Å²) in [7, 11) is 0. The first-order valence-corrected chi connectivity index (χ1v) is 10.6. The normalized spacial score (nSPS) is 10.6. The third kappa shape index (κ3) is 5.04. The van der Waals surface area contributed by atoms with Crippen molar-refractivity contribution in [1.29, 1.82) is 0 Å². The number of thioether (sulfide) groups is 1. The molecule has 3 N–H and O–H groups in total. The van der Waals surface area contributed by atoms with Crippen molar-refractivity contribution in [2.75, 3.05) is 16.9 Å². The van der Waals surface area contributed by atoms with Crippen molar-refractivity contribution in [2.24, 2.45) is 0 Å². The maximum atomic E-state index is 12.5. The van der Waals surface area contributed by atoms with Crippen LogP contribution in [0.4, 0.5) is 5.69 Å². The quantitative estimate of drug-likeness (QED) is 0.331. The monoisotopic (exact) mass is 431 g/mol. The van der Waals surface area contributed by atoms with Gasteiger partial charge in [0.25, 0.3) is 0 Å². The van der Waals surface area contributed by atoms with Gasteiger partial charge in [-0.2, -0.15) is 0 Å². The van der Waals surface area contributed by atoms with Gasteiger partial charge in [0, 0.05) is 5.56 Å². The molecule has 0 saturated carbocycles. The smallest absolute Gasteiger partial charge is 0.234 e. The molecule has 0 spiro atoms. The average molecular weight is 432 g/mol. The number of carbonyl (C=O) groups excluding carboxylic acids is 1. The highest BCUT2D eigenvalue weighted by Gasteiger charge is 2.15. The average Bonchev–Trinajstić information content (AvgIpc) is 3.15. The van der Waals surface area contributed by atoms with Gasteiger partial charge in [0.1, 0.15) is 5.75 Å². The molecule has 0 atom stereocenters. The molecule has 0 saturated heterocycles. The Balaban J connectivity index is 1.40. The predicted octanol–water partition coefficient (Wildman–Crippen LogP) is 4.49. The van der Waals surface area contributed by atoms with Crippen LogP contribution >= 0.6 is 11.8 Å². The fourth-order valence-electron chi connectivity index (χ4n) is 2.87. The van der Waals surface area contributed by atoms with E-state index in [1.807, 2.05) is 73.7 Å². The Hall–Kier alpha value is -3.78. The molecule has 31 heavy (non-hydrogen) atoms. The second kappa shape index (κ2) is 9.36. The van der Waals surface area contributed by atoms with Crippen molar-refractivity contribution in [3.63, 3.8) is 0 Å². The summed E-state index contributed by atoms with van der Waals surface area (Å²) in [6.45, 7) is 2.01. The minimum atomic E-state index is -0.200. The molecule has 3 aromatic carbocycles. The second-order valence-corrected chi connectivity index (χ2v) is 7.73. The van der Waals surface area contributed by atoms with Gasteiger partial charge in [-0.05, 0) is 31.2 Å². The number of nitrogens with one attached hydrogen (secondary N) is 1. The van der Waals surface area contributed by atoms with E-state index >= 15 is 0 Å². The number of ether oxygens (including phenoxy) is 1. The Bertz CT molecular complexity index is 1180. The minimum absolute atomic E-state index is 0.128. The molecule has 0 fully saturated rings. The van der Waals surface area contributed by atoms with Crippen LogP contribution in [0.2, 0.25) is 0 Å². The Kier molecular flexibility index (Phi) is 6.18. The Labute approximate surface area is 184 Å². The second-order valence-electron chi connectivity index (χ2n) is 6.79. The third-order valence-corrected chi connectivity index (χ3v) is 5.38. The highest BCUT2D eigenvalue weighted by atomic mass is 32.2. The molecule has 0 aliphatic heterocycles. The van der Waals surface area contributed by atoms with Gasteiger partial charge >= 0.3 is 0 Å². The molecule has 0 radical (unpaired) electrons. The van der Waals surface area contributed by atoms with Crippen LogP contribution in [-0.4, -0.2) is 26.5 Å². The van der Waals surface area contributed by atoms with Crippen LogP contribution < -0.4 is 15.9 Å². The molecule has 0 aliphatic carbocycles. The van der Waals surface area contributed by atoms with Gasteiger partial charge < -0.3 is 15.9 Å². The summed E-state index contributed by atoms with van der Waals surface area (Å²) < 4.78 is 7.28. The number of nitrogens with two attached hydrogens (primary N) is 1. The van der Waals surface area contributed by atoms with E-state index in [9.17, 15) is 4.79 Å². The summed E-state index contributed by atoms with van der Waals surface area (Å²) in [5.41, 5.74) is 2.60. The number of carbonyl (C=O) groups is 1. The largest absolute Gasteiger partial charge is 0.455 e. The van der Waals surface area contributed by atoms with Crippen molar-refractivity contribution >= 4 is 23.4 Å². The van der Waals surface area contributed by atoms with Crippen LogP contribution in [0, 0.1) is 6.92 Å². The van der Waals surface area contributed by atoms with E-state index in [1.165, 1.54) is 16.4 Å². The molecule has 156 valence electrons. The first-order valence-electron chi connectivity index (χ1n) is 9.62. The maximum Gasteiger partial charge on any atom is 0.234 e. The van der Waals surface area contributed by atoms with Crippen LogP contribution in [0.1, 0.15) is 5.56 Å². The molecule has 7 nitrogen and oxygen atoms in total. The van der Waals surface area contributed by atoms with Crippen LogP contribution in [0.15, 0.2) is 84.0 Å². The lowest BCUT2D eigenvalue weighted by molar-refractivity contribution is -0.113. The predicted molar refractivity (Wildman–Crippen MR) is 123 cm³/mol. The van der Waals surface area contributed by atoms with Crippen LogP contribution in [-0.2, 0) is 4.79 Å². The number of hydrogen-bond donors (Lipinski definition) is 2. The molecule has 1 aromatic heterocycles. The summed E-state index contributed by atoms with van der Waals surface area (Å²) in [6.07, 6.45) is 0. The summed E-state index contributed by atoms with van der Waals surface area (Å²) in [4.78, 5) is 12.5. The number of aromatic nitrogens is 3. The summed E-state index contributed by atoms with van der Waals surface area (Å²) in [6, 6.07) is 24.5. The first-order chi connectivity index (χ1) is 15.1. The molecule has 0 aliphatic rings. The third-order valence-electron chi connectivity index (χ3n) is 4.44. The standard InChI is InChI=1S/C23H21N5O2S/c1-16-11-13-17(14-12-16)22-26-27-23(28(22)24)31-15-21(29)25-19-9-5-6-10-20(19)30-18-7-3-2-4-8-18/h2-14H,15,24H2,1H3,(H,25,29). The molecule has 1 heterocycles. The zero-order chi connectivity index (χ0) is 21.6. The lowest BCUT2D eigenvalue weighted by atomic mass is 10.1. The summed E-state index contributed by atoms with van der Waals surface area (Å²) in [5.74, 6) is 7.87. The molecular weight excluding hydrogens is 410 g/mol. The maximum absolute atomic E-state index is 12.5. The van der Waals surface area contributed by atoms with Gasteiger partial charge in [-0.15, -0.1) is 10.2 Å². The van der Waals surface area contributed by atoms with E-state index < -0.39 is 0 Å². The van der Waals surface area contributed by atoms with Crippen molar-refractivity contribution in [3.8, 4) is 22.9 Å². The van der Waals surface area contributed by atoms with Gasteiger partial charge in [-0.25, -0.2) is 4.68 Å². The van der Waals surface area contributed by atoms with Crippen LogP contribution in [0.5, 0.6) is 11.5 Å². The number of benzene rings is 3. The van der Waals surface area contributed by atoms with Crippen molar-refractivity contribution in [1.82, 2.24) is 14.9 Å².